The SMILES string of the molecule is O=c1[nH]c2cc(S(=O)(=O)N3CCN(c4cc(N5CCCCC5)ncn4)CC3)ccc2o1. The lowest BCUT2D eigenvalue weighted by Crippen LogP contribution is -2.49. The maximum Gasteiger partial charge on any atom is 0.417 e. The van der Waals surface area contributed by atoms with Crippen molar-refractivity contribution >= 4 is 32.8 Å². The van der Waals surface area contributed by atoms with Gasteiger partial charge >= 0.3 is 5.76 Å². The third-order valence-corrected chi connectivity index (χ3v) is 7.80. The van der Waals surface area contributed by atoms with Crippen molar-refractivity contribution in [1.29, 1.82) is 0 Å². The van der Waals surface area contributed by atoms with Gasteiger partial charge in [0.15, 0.2) is 5.58 Å². The Morgan fingerprint density at radius 1 is 0.871 bits per heavy atom. The van der Waals surface area contributed by atoms with Crippen LogP contribution in [0.25, 0.3) is 11.1 Å². The molecule has 0 atom stereocenters. The van der Waals surface area contributed by atoms with Gasteiger partial charge in [0.1, 0.15) is 18.0 Å². The summed E-state index contributed by atoms with van der Waals surface area (Å²) in [5, 5.41) is 0. The largest absolute Gasteiger partial charge is 0.417 e. The number of hydrogen-bond donors (Lipinski definition) is 1. The zero-order chi connectivity index (χ0) is 21.4. The summed E-state index contributed by atoms with van der Waals surface area (Å²) in [5.74, 6) is 1.15. The van der Waals surface area contributed by atoms with Crippen molar-refractivity contribution in [1.82, 2.24) is 19.3 Å². The monoisotopic (exact) mass is 444 g/mol. The van der Waals surface area contributed by atoms with E-state index in [9.17, 15) is 13.2 Å². The van der Waals surface area contributed by atoms with Crippen LogP contribution < -0.4 is 15.6 Å². The summed E-state index contributed by atoms with van der Waals surface area (Å²) in [4.78, 5) is 27.2. The quantitative estimate of drug-likeness (QED) is 0.642. The van der Waals surface area contributed by atoms with E-state index in [1.54, 1.807) is 6.33 Å². The third-order valence-electron chi connectivity index (χ3n) is 5.91. The topological polar surface area (TPSA) is 116 Å². The van der Waals surface area contributed by atoms with Crippen molar-refractivity contribution in [3.63, 3.8) is 0 Å². The van der Waals surface area contributed by atoms with Crippen molar-refractivity contribution in [3.05, 3.63) is 41.1 Å². The van der Waals surface area contributed by atoms with Gasteiger partial charge in [-0.2, -0.15) is 4.31 Å². The summed E-state index contributed by atoms with van der Waals surface area (Å²) < 4.78 is 32.6. The van der Waals surface area contributed by atoms with Crippen LogP contribution in [0.3, 0.4) is 0 Å². The molecule has 0 bridgehead atoms. The lowest BCUT2D eigenvalue weighted by atomic mass is 10.1. The van der Waals surface area contributed by atoms with Gasteiger partial charge in [-0.3, -0.25) is 4.98 Å². The Morgan fingerprint density at radius 3 is 2.26 bits per heavy atom. The number of oxazole rings is 1. The Labute approximate surface area is 179 Å². The van der Waals surface area contributed by atoms with Gasteiger partial charge in [0.05, 0.1) is 10.4 Å². The van der Waals surface area contributed by atoms with Crippen LogP contribution in [0.4, 0.5) is 11.6 Å². The predicted molar refractivity (Wildman–Crippen MR) is 116 cm³/mol. The van der Waals surface area contributed by atoms with E-state index in [1.807, 2.05) is 6.07 Å². The summed E-state index contributed by atoms with van der Waals surface area (Å²) in [5.41, 5.74) is 0.706. The first-order valence-corrected chi connectivity index (χ1v) is 11.9. The van der Waals surface area contributed by atoms with Gasteiger partial charge < -0.3 is 14.2 Å². The molecule has 0 amide bonds. The highest BCUT2D eigenvalue weighted by Crippen LogP contribution is 2.25. The van der Waals surface area contributed by atoms with Gasteiger partial charge in [-0.25, -0.2) is 23.2 Å². The molecule has 31 heavy (non-hydrogen) atoms. The number of rotatable bonds is 4. The van der Waals surface area contributed by atoms with Crippen LogP contribution in [0.2, 0.25) is 0 Å². The van der Waals surface area contributed by atoms with Gasteiger partial charge in [0.2, 0.25) is 10.0 Å². The van der Waals surface area contributed by atoms with Crippen LogP contribution in [-0.2, 0) is 10.0 Å². The van der Waals surface area contributed by atoms with E-state index >= 15 is 0 Å². The Hall–Kier alpha value is -2.92. The van der Waals surface area contributed by atoms with Gasteiger partial charge in [0.25, 0.3) is 0 Å². The summed E-state index contributed by atoms with van der Waals surface area (Å²) in [7, 11) is -3.67. The number of piperidine rings is 1. The number of anilines is 2. The van der Waals surface area contributed by atoms with E-state index in [0.29, 0.717) is 37.3 Å². The molecule has 2 saturated heterocycles. The first kappa shape index (κ1) is 20.0. The van der Waals surface area contributed by atoms with Gasteiger partial charge in [-0.1, -0.05) is 0 Å². The van der Waals surface area contributed by atoms with Crippen molar-refractivity contribution in [2.45, 2.75) is 24.2 Å². The zero-order valence-corrected chi connectivity index (χ0v) is 17.8. The molecule has 4 heterocycles. The molecule has 0 radical (unpaired) electrons. The molecule has 0 aliphatic carbocycles. The molecule has 0 saturated carbocycles. The molecule has 0 unspecified atom stereocenters. The summed E-state index contributed by atoms with van der Waals surface area (Å²) in [6.45, 7) is 3.81. The molecule has 2 fully saturated rings. The molecule has 11 heteroatoms. The van der Waals surface area contributed by atoms with E-state index in [-0.39, 0.29) is 4.90 Å². The highest BCUT2D eigenvalue weighted by molar-refractivity contribution is 7.89. The van der Waals surface area contributed by atoms with Gasteiger partial charge in [0, 0.05) is 45.3 Å². The number of piperazine rings is 1. The van der Waals surface area contributed by atoms with Crippen LogP contribution in [0, 0.1) is 0 Å². The lowest BCUT2D eigenvalue weighted by Gasteiger charge is -2.35. The molecule has 2 aliphatic rings. The fourth-order valence-corrected chi connectivity index (χ4v) is 5.65. The third kappa shape index (κ3) is 3.90. The molecule has 2 aromatic heterocycles. The van der Waals surface area contributed by atoms with E-state index in [4.69, 9.17) is 4.42 Å². The van der Waals surface area contributed by atoms with Crippen LogP contribution in [0.15, 0.2) is 44.7 Å². The minimum absolute atomic E-state index is 0.139. The lowest BCUT2D eigenvalue weighted by molar-refractivity contribution is 0.384. The first-order valence-electron chi connectivity index (χ1n) is 10.5. The van der Waals surface area contributed by atoms with Crippen LogP contribution >= 0.6 is 0 Å². The fraction of sp³-hybridized carbons (Fsp3) is 0.450. The standard InChI is InChI=1S/C20H24N6O4S/c27-20-23-16-12-15(4-5-17(16)30-20)31(28,29)26-10-8-25(9-11-26)19-13-18(21-14-22-19)24-6-2-1-3-7-24/h4-5,12-14H,1-3,6-11H2,(H,23,27). The molecular formula is C20H24N6O4S. The predicted octanol–water partition coefficient (Wildman–Crippen LogP) is 1.41. The number of nitrogens with zero attached hydrogens (tertiary/aromatic N) is 5. The van der Waals surface area contributed by atoms with Crippen molar-refractivity contribution in [3.8, 4) is 0 Å². The number of aromatic nitrogens is 3. The van der Waals surface area contributed by atoms with Gasteiger partial charge in [-0.15, -0.1) is 0 Å². The average molecular weight is 445 g/mol. The maximum atomic E-state index is 13.1. The van der Waals surface area contributed by atoms with Crippen LogP contribution in [0.5, 0.6) is 0 Å². The number of sulfonamides is 1. The number of fused-ring (bicyclic) bond motifs is 1. The molecule has 1 N–H and O–H groups in total. The van der Waals surface area contributed by atoms with Crippen LogP contribution in [0.1, 0.15) is 19.3 Å². The van der Waals surface area contributed by atoms with Crippen molar-refractivity contribution in [2.75, 3.05) is 49.1 Å². The molecule has 10 nitrogen and oxygen atoms in total. The number of nitrogens with one attached hydrogen (secondary N) is 1. The minimum atomic E-state index is -3.67. The fourth-order valence-electron chi connectivity index (χ4n) is 4.20. The van der Waals surface area contributed by atoms with Crippen LogP contribution in [-0.4, -0.2) is 66.9 Å². The van der Waals surface area contributed by atoms with E-state index in [1.165, 1.54) is 41.8 Å². The van der Waals surface area contributed by atoms with E-state index in [0.717, 1.165) is 24.7 Å². The number of benzene rings is 1. The normalized spacial score (nSPS) is 18.6. The minimum Gasteiger partial charge on any atom is -0.408 e. The van der Waals surface area contributed by atoms with E-state index in [2.05, 4.69) is 24.8 Å². The van der Waals surface area contributed by atoms with Crippen molar-refractivity contribution < 1.29 is 12.8 Å². The molecule has 5 rings (SSSR count). The van der Waals surface area contributed by atoms with E-state index < -0.39 is 15.8 Å². The second-order valence-electron chi connectivity index (χ2n) is 7.85. The second kappa shape index (κ2) is 7.97. The Kier molecular flexibility index (Phi) is 5.14. The zero-order valence-electron chi connectivity index (χ0n) is 17.0. The Morgan fingerprint density at radius 2 is 1.55 bits per heavy atom. The summed E-state index contributed by atoms with van der Waals surface area (Å²) in [6.07, 6.45) is 5.19. The average Bonchev–Trinajstić information content (AvgIpc) is 3.19. The molecule has 2 aliphatic heterocycles. The number of hydrogen-bond acceptors (Lipinski definition) is 8. The highest BCUT2D eigenvalue weighted by Gasteiger charge is 2.29. The van der Waals surface area contributed by atoms with Gasteiger partial charge in [-0.05, 0) is 37.5 Å². The highest BCUT2D eigenvalue weighted by atomic mass is 32.2. The number of H-pyrrole nitrogens is 1. The van der Waals surface area contributed by atoms with Crippen molar-refractivity contribution in [2.24, 2.45) is 0 Å². The molecule has 1 aromatic carbocycles. The maximum absolute atomic E-state index is 13.1. The molecule has 164 valence electrons. The first-order chi connectivity index (χ1) is 15.0. The second-order valence-corrected chi connectivity index (χ2v) is 9.78. The molecule has 3 aromatic rings. The summed E-state index contributed by atoms with van der Waals surface area (Å²) >= 11 is 0. The molecular weight excluding hydrogens is 420 g/mol. The smallest absolute Gasteiger partial charge is 0.408 e. The molecule has 0 spiro atoms. The number of aromatic amines is 1. The summed E-state index contributed by atoms with van der Waals surface area (Å²) in [6, 6.07) is 6.41. The Bertz CT molecular complexity index is 1240. The Balaban J connectivity index is 1.30.